The molecule has 28 heavy (non-hydrogen) atoms. The number of para-hydroxylation sites is 1. The number of phenolic OH excluding ortho intramolecular Hbond substituents is 1. The molecule has 0 unspecified atom stereocenters. The highest BCUT2D eigenvalue weighted by molar-refractivity contribution is 6.09. The number of nitriles is 1. The highest BCUT2D eigenvalue weighted by Gasteiger charge is 2.16. The van der Waals surface area contributed by atoms with Crippen LogP contribution in [-0.2, 0) is 9.53 Å². The average molecular weight is 379 g/mol. The molecule has 7 heteroatoms. The van der Waals surface area contributed by atoms with Gasteiger partial charge in [0.05, 0.1) is 17.9 Å². The van der Waals surface area contributed by atoms with Crippen molar-refractivity contribution in [3.8, 4) is 11.8 Å². The number of benzene rings is 2. The number of nitrogens with zero attached hydrogens (tertiary/aromatic N) is 1. The van der Waals surface area contributed by atoms with Crippen LogP contribution >= 0.6 is 0 Å². The summed E-state index contributed by atoms with van der Waals surface area (Å²) in [6.45, 7) is 2.29. The monoisotopic (exact) mass is 379 g/mol. The first-order valence-electron chi connectivity index (χ1n) is 8.78. The van der Waals surface area contributed by atoms with Crippen LogP contribution in [0, 0.1) is 11.3 Å². The molecule has 2 aromatic carbocycles. The first-order chi connectivity index (χ1) is 13.5. The molecule has 0 bridgehead atoms. The summed E-state index contributed by atoms with van der Waals surface area (Å²) in [5, 5.41) is 23.9. The molecule has 0 aliphatic rings. The molecule has 2 rings (SSSR count). The lowest BCUT2D eigenvalue weighted by Crippen LogP contribution is -2.17. The fourth-order valence-electron chi connectivity index (χ4n) is 2.21. The molecule has 0 aliphatic carbocycles. The van der Waals surface area contributed by atoms with E-state index in [-0.39, 0.29) is 22.6 Å². The zero-order valence-corrected chi connectivity index (χ0v) is 15.4. The number of unbranched alkanes of at least 4 members (excludes halogenated alkanes) is 1. The maximum Gasteiger partial charge on any atom is 0.340 e. The van der Waals surface area contributed by atoms with Crippen molar-refractivity contribution < 1.29 is 19.4 Å². The van der Waals surface area contributed by atoms with Gasteiger partial charge in [0.1, 0.15) is 17.4 Å². The quantitative estimate of drug-likeness (QED) is 0.211. The molecule has 0 radical (unpaired) electrons. The van der Waals surface area contributed by atoms with Crippen LogP contribution in [0.25, 0.3) is 0 Å². The zero-order chi connectivity index (χ0) is 20.4. The topological polar surface area (TPSA) is 111 Å². The van der Waals surface area contributed by atoms with Gasteiger partial charge in [-0.3, -0.25) is 4.79 Å². The molecule has 0 heterocycles. The molecule has 0 atom stereocenters. The third-order valence-corrected chi connectivity index (χ3v) is 3.74. The van der Waals surface area contributed by atoms with Crippen molar-refractivity contribution in [2.24, 2.45) is 0 Å². The number of carbonyl (C=O) groups excluding carboxylic acids is 2. The summed E-state index contributed by atoms with van der Waals surface area (Å²) < 4.78 is 5.19. The molecule has 7 nitrogen and oxygen atoms in total. The lowest BCUT2D eigenvalue weighted by atomic mass is 10.1. The van der Waals surface area contributed by atoms with Gasteiger partial charge in [-0.1, -0.05) is 25.5 Å². The van der Waals surface area contributed by atoms with Crippen LogP contribution in [0.3, 0.4) is 0 Å². The molecule has 0 saturated heterocycles. The Morgan fingerprint density at radius 1 is 1.18 bits per heavy atom. The Bertz CT molecular complexity index is 899. The Morgan fingerprint density at radius 2 is 1.89 bits per heavy atom. The number of phenols is 1. The first-order valence-corrected chi connectivity index (χ1v) is 8.78. The number of esters is 1. The van der Waals surface area contributed by atoms with E-state index in [0.29, 0.717) is 12.3 Å². The molecule has 0 saturated carbocycles. The van der Waals surface area contributed by atoms with Crippen molar-refractivity contribution in [3.63, 3.8) is 0 Å². The highest BCUT2D eigenvalue weighted by atomic mass is 16.5. The molecule has 0 aliphatic heterocycles. The van der Waals surface area contributed by atoms with E-state index >= 15 is 0 Å². The van der Waals surface area contributed by atoms with Crippen molar-refractivity contribution in [1.82, 2.24) is 0 Å². The van der Waals surface area contributed by atoms with Crippen molar-refractivity contribution in [2.75, 3.05) is 17.2 Å². The van der Waals surface area contributed by atoms with Gasteiger partial charge in [0, 0.05) is 11.9 Å². The highest BCUT2D eigenvalue weighted by Crippen LogP contribution is 2.18. The van der Waals surface area contributed by atoms with Crippen LogP contribution in [0.15, 0.2) is 60.3 Å². The Balaban J connectivity index is 2.10. The van der Waals surface area contributed by atoms with Gasteiger partial charge in [0.15, 0.2) is 0 Å². The van der Waals surface area contributed by atoms with E-state index in [1.807, 2.05) is 13.0 Å². The molecule has 1 amide bonds. The molecule has 0 spiro atoms. The molecule has 2 aromatic rings. The summed E-state index contributed by atoms with van der Waals surface area (Å²) in [4.78, 5) is 24.6. The van der Waals surface area contributed by atoms with E-state index in [1.54, 1.807) is 36.4 Å². The van der Waals surface area contributed by atoms with Crippen LogP contribution in [-0.4, -0.2) is 23.6 Å². The van der Waals surface area contributed by atoms with E-state index < -0.39 is 11.9 Å². The number of hydrogen-bond donors (Lipinski definition) is 3. The van der Waals surface area contributed by atoms with E-state index in [9.17, 15) is 20.0 Å². The third-order valence-electron chi connectivity index (χ3n) is 3.74. The number of aromatic hydroxyl groups is 1. The van der Waals surface area contributed by atoms with Gasteiger partial charge < -0.3 is 20.5 Å². The zero-order valence-electron chi connectivity index (χ0n) is 15.4. The number of rotatable bonds is 8. The van der Waals surface area contributed by atoms with E-state index in [4.69, 9.17) is 4.74 Å². The maximum atomic E-state index is 12.4. The normalized spacial score (nSPS) is 10.6. The van der Waals surface area contributed by atoms with Crippen LogP contribution in [0.5, 0.6) is 5.75 Å². The molecule has 0 fully saturated rings. The fourth-order valence-corrected chi connectivity index (χ4v) is 2.21. The maximum absolute atomic E-state index is 12.4. The van der Waals surface area contributed by atoms with Crippen molar-refractivity contribution in [1.29, 1.82) is 5.26 Å². The van der Waals surface area contributed by atoms with Crippen LogP contribution in [0.4, 0.5) is 11.4 Å². The number of carbonyl (C=O) groups is 2. The number of anilines is 2. The molecular weight excluding hydrogens is 358 g/mol. The van der Waals surface area contributed by atoms with Gasteiger partial charge in [0.25, 0.3) is 5.91 Å². The minimum absolute atomic E-state index is 0.107. The largest absolute Gasteiger partial charge is 0.508 e. The lowest BCUT2D eigenvalue weighted by Gasteiger charge is -2.10. The summed E-state index contributed by atoms with van der Waals surface area (Å²) in [5.74, 6) is -1.09. The summed E-state index contributed by atoms with van der Waals surface area (Å²) in [5.41, 5.74) is 0.899. The molecular formula is C21H21N3O4. The second-order valence-electron chi connectivity index (χ2n) is 5.85. The number of nitrogens with one attached hydrogen (secondary N) is 2. The van der Waals surface area contributed by atoms with Gasteiger partial charge in [-0.05, 0) is 42.8 Å². The average Bonchev–Trinajstić information content (AvgIpc) is 2.70. The smallest absolute Gasteiger partial charge is 0.340 e. The van der Waals surface area contributed by atoms with Crippen molar-refractivity contribution in [3.05, 3.63) is 65.9 Å². The Labute approximate surface area is 163 Å². The van der Waals surface area contributed by atoms with Gasteiger partial charge in [-0.2, -0.15) is 5.26 Å². The fraction of sp³-hybridized carbons (Fsp3) is 0.190. The van der Waals surface area contributed by atoms with E-state index in [1.165, 1.54) is 18.3 Å². The minimum atomic E-state index is -0.664. The third kappa shape index (κ3) is 5.88. The second kappa shape index (κ2) is 10.4. The summed E-state index contributed by atoms with van der Waals surface area (Å²) in [6.07, 6.45) is 2.91. The SMILES string of the molecule is CCCCOC(=O)c1ccccc1NC(=O)/C(C#N)=C\Nc1ccc(O)cc1. The van der Waals surface area contributed by atoms with Gasteiger partial charge in [-0.25, -0.2) is 4.79 Å². The van der Waals surface area contributed by atoms with Crippen LogP contribution in [0.2, 0.25) is 0 Å². The lowest BCUT2D eigenvalue weighted by molar-refractivity contribution is -0.112. The van der Waals surface area contributed by atoms with Gasteiger partial charge in [-0.15, -0.1) is 0 Å². The summed E-state index contributed by atoms with van der Waals surface area (Å²) >= 11 is 0. The van der Waals surface area contributed by atoms with Gasteiger partial charge in [0.2, 0.25) is 0 Å². The Hall–Kier alpha value is -3.79. The predicted molar refractivity (Wildman–Crippen MR) is 106 cm³/mol. The number of ether oxygens (including phenoxy) is 1. The Morgan fingerprint density at radius 3 is 2.57 bits per heavy atom. The molecule has 0 aromatic heterocycles. The van der Waals surface area contributed by atoms with Crippen LogP contribution < -0.4 is 10.6 Å². The molecule has 144 valence electrons. The van der Waals surface area contributed by atoms with Crippen LogP contribution in [0.1, 0.15) is 30.1 Å². The Kier molecular flexibility index (Phi) is 7.61. The standard InChI is InChI=1S/C21H21N3O4/c1-2-3-12-28-21(27)18-6-4-5-7-19(18)24-20(26)15(13-22)14-23-16-8-10-17(25)11-9-16/h4-11,14,23,25H,2-3,12H2,1H3,(H,24,26)/b15-14-. The number of hydrogen-bond acceptors (Lipinski definition) is 6. The van der Waals surface area contributed by atoms with E-state index in [2.05, 4.69) is 10.6 Å². The summed E-state index contributed by atoms with van der Waals surface area (Å²) in [7, 11) is 0. The summed E-state index contributed by atoms with van der Waals surface area (Å²) in [6, 6.07) is 14.4. The first kappa shape index (κ1) is 20.5. The molecule has 3 N–H and O–H groups in total. The predicted octanol–water partition coefficient (Wildman–Crippen LogP) is 3.81. The second-order valence-corrected chi connectivity index (χ2v) is 5.85. The van der Waals surface area contributed by atoms with Crippen molar-refractivity contribution >= 4 is 23.3 Å². The van der Waals surface area contributed by atoms with Gasteiger partial charge >= 0.3 is 5.97 Å². The van der Waals surface area contributed by atoms with E-state index in [0.717, 1.165) is 12.8 Å². The number of amides is 1. The van der Waals surface area contributed by atoms with Crippen molar-refractivity contribution in [2.45, 2.75) is 19.8 Å². The minimum Gasteiger partial charge on any atom is -0.508 e.